The first-order valence-electron chi connectivity index (χ1n) is 13.2. The van der Waals surface area contributed by atoms with Crippen molar-refractivity contribution in [3.05, 3.63) is 64.3 Å². The molecule has 0 aliphatic heterocycles. The quantitative estimate of drug-likeness (QED) is 0.158. The summed E-state index contributed by atoms with van der Waals surface area (Å²) in [5, 5.41) is 5.57. The molecule has 6 nitrogen and oxygen atoms in total. The molecular weight excluding hydrogens is 484 g/mol. The number of allylic oxidation sites excluding steroid dienone is 3. The van der Waals surface area contributed by atoms with Crippen molar-refractivity contribution in [2.75, 3.05) is 16.5 Å². The molecule has 1 atom stereocenters. The average Bonchev–Trinajstić information content (AvgIpc) is 2.89. The molecule has 0 unspecified atom stereocenters. The van der Waals surface area contributed by atoms with Crippen LogP contribution < -0.4 is 10.6 Å². The summed E-state index contributed by atoms with van der Waals surface area (Å²) in [5.74, 6) is -0.388. The number of unbranched alkanes of at least 4 members (excludes halogenated alkanes) is 2. The molecule has 0 bridgehead atoms. The Hall–Kier alpha value is -2.99. The number of hydrogen-bond acceptors (Lipinski definition) is 4. The molecule has 2 heterocycles. The second kappa shape index (κ2) is 15.3. The van der Waals surface area contributed by atoms with Crippen molar-refractivity contribution in [1.82, 2.24) is 9.97 Å². The van der Waals surface area contributed by atoms with Gasteiger partial charge in [0, 0.05) is 11.9 Å². The summed E-state index contributed by atoms with van der Waals surface area (Å²) in [4.78, 5) is 33.6. The number of nitrogens with one attached hydrogen (secondary N) is 2. The van der Waals surface area contributed by atoms with Crippen LogP contribution >= 0.6 is 11.6 Å². The first-order valence-corrected chi connectivity index (χ1v) is 13.8. The Balaban J connectivity index is 2.41. The van der Waals surface area contributed by atoms with Crippen molar-refractivity contribution >= 4 is 40.9 Å². The van der Waals surface area contributed by atoms with E-state index in [-0.39, 0.29) is 17.7 Å². The molecular formula is C30H41ClN4O2. The zero-order valence-corrected chi connectivity index (χ0v) is 23.8. The summed E-state index contributed by atoms with van der Waals surface area (Å²) < 4.78 is 0. The van der Waals surface area contributed by atoms with E-state index in [1.54, 1.807) is 19.2 Å². The Morgan fingerprint density at radius 3 is 2.41 bits per heavy atom. The molecule has 0 aromatic carbocycles. The van der Waals surface area contributed by atoms with E-state index < -0.39 is 0 Å². The third-order valence-electron chi connectivity index (χ3n) is 6.42. The third kappa shape index (κ3) is 9.12. The number of halogens is 1. The number of carbonyl (C=O) groups is 2. The molecule has 0 saturated heterocycles. The minimum absolute atomic E-state index is 0.159. The number of nitrogens with zero attached hydrogens (tertiary/aromatic N) is 2. The van der Waals surface area contributed by atoms with Crippen LogP contribution in [0.5, 0.6) is 0 Å². The smallest absolute Gasteiger partial charge is 0.257 e. The van der Waals surface area contributed by atoms with E-state index in [9.17, 15) is 9.59 Å². The maximum absolute atomic E-state index is 13.2. The fourth-order valence-electron chi connectivity index (χ4n) is 3.99. The van der Waals surface area contributed by atoms with Gasteiger partial charge in [-0.15, -0.1) is 11.6 Å². The number of amides is 2. The highest BCUT2D eigenvalue weighted by Crippen LogP contribution is 2.30. The SMILES string of the molecule is CCCC/C=C(CCC)/C(=C/c1cc(C(=O)Nc2cc(NC(=O)CCl)cnc2C)cnc1C)[C@H](C)CC. The van der Waals surface area contributed by atoms with Gasteiger partial charge in [0.2, 0.25) is 5.91 Å². The molecule has 0 saturated carbocycles. The Kier molecular flexibility index (Phi) is 12.5. The van der Waals surface area contributed by atoms with Crippen molar-refractivity contribution in [2.45, 2.75) is 80.1 Å². The predicted octanol–water partition coefficient (Wildman–Crippen LogP) is 7.87. The fourth-order valence-corrected chi connectivity index (χ4v) is 4.06. The molecule has 200 valence electrons. The van der Waals surface area contributed by atoms with Gasteiger partial charge in [0.15, 0.2) is 0 Å². The standard InChI is InChI=1S/C30H41ClN4O2/c1-7-10-11-13-23(12-8-2)27(20(4)9-3)15-24-14-25(18-32-21(24)5)30(37)35-28-16-26(19-33-22(28)6)34-29(36)17-31/h13-16,18-20H,7-12,17H2,1-6H3,(H,34,36)(H,35,37)/b23-13+,27-15+/t20-/m1/s1. The molecule has 2 N–H and O–H groups in total. The van der Waals surface area contributed by atoms with Crippen LogP contribution in [0.4, 0.5) is 11.4 Å². The fraction of sp³-hybridized carbons (Fsp3) is 0.467. The maximum Gasteiger partial charge on any atom is 0.257 e. The van der Waals surface area contributed by atoms with Crippen LogP contribution in [-0.4, -0.2) is 27.7 Å². The number of pyridine rings is 2. The van der Waals surface area contributed by atoms with Crippen LogP contribution in [-0.2, 0) is 4.79 Å². The molecule has 0 radical (unpaired) electrons. The van der Waals surface area contributed by atoms with Gasteiger partial charge in [-0.2, -0.15) is 0 Å². The zero-order valence-electron chi connectivity index (χ0n) is 23.1. The van der Waals surface area contributed by atoms with E-state index in [0.29, 0.717) is 28.6 Å². The van der Waals surface area contributed by atoms with Gasteiger partial charge >= 0.3 is 0 Å². The lowest BCUT2D eigenvalue weighted by Gasteiger charge is -2.19. The summed E-state index contributed by atoms with van der Waals surface area (Å²) >= 11 is 5.58. The van der Waals surface area contributed by atoms with E-state index >= 15 is 0 Å². The average molecular weight is 525 g/mol. The Labute approximate surface area is 227 Å². The van der Waals surface area contributed by atoms with Crippen molar-refractivity contribution in [3.63, 3.8) is 0 Å². The maximum atomic E-state index is 13.2. The Morgan fingerprint density at radius 1 is 1.03 bits per heavy atom. The highest BCUT2D eigenvalue weighted by Gasteiger charge is 2.15. The molecule has 37 heavy (non-hydrogen) atoms. The van der Waals surface area contributed by atoms with Crippen LogP contribution in [0.3, 0.4) is 0 Å². The van der Waals surface area contributed by atoms with Crippen molar-refractivity contribution in [3.8, 4) is 0 Å². The molecule has 2 amide bonds. The number of rotatable bonds is 13. The van der Waals surface area contributed by atoms with Crippen LogP contribution in [0.2, 0.25) is 0 Å². The molecule has 0 aliphatic rings. The molecule has 0 fully saturated rings. The van der Waals surface area contributed by atoms with Gasteiger partial charge in [0.25, 0.3) is 5.91 Å². The van der Waals surface area contributed by atoms with Gasteiger partial charge in [-0.1, -0.05) is 53.0 Å². The lowest BCUT2D eigenvalue weighted by Crippen LogP contribution is -2.16. The molecule has 0 spiro atoms. The molecule has 0 aliphatic carbocycles. The van der Waals surface area contributed by atoms with Crippen molar-refractivity contribution in [1.29, 1.82) is 0 Å². The van der Waals surface area contributed by atoms with E-state index in [1.165, 1.54) is 30.2 Å². The summed E-state index contributed by atoms with van der Waals surface area (Å²) in [7, 11) is 0. The van der Waals surface area contributed by atoms with Crippen molar-refractivity contribution in [2.24, 2.45) is 5.92 Å². The number of aryl methyl sites for hydroxylation is 2. The molecule has 2 rings (SSSR count). The summed E-state index contributed by atoms with van der Waals surface area (Å²) in [6, 6.07) is 3.57. The van der Waals surface area contributed by atoms with Gasteiger partial charge in [0.1, 0.15) is 5.88 Å². The number of hydrogen-bond donors (Lipinski definition) is 2. The van der Waals surface area contributed by atoms with E-state index in [4.69, 9.17) is 11.6 Å². The second-order valence-corrected chi connectivity index (χ2v) is 9.69. The van der Waals surface area contributed by atoms with E-state index in [1.807, 2.05) is 13.0 Å². The lowest BCUT2D eigenvalue weighted by atomic mass is 9.87. The largest absolute Gasteiger partial charge is 0.324 e. The minimum atomic E-state index is -0.341. The van der Waals surface area contributed by atoms with Crippen LogP contribution in [0.15, 0.2) is 41.7 Å². The minimum Gasteiger partial charge on any atom is -0.324 e. The Bertz CT molecular complexity index is 1140. The molecule has 2 aromatic heterocycles. The van der Waals surface area contributed by atoms with Crippen LogP contribution in [0.1, 0.15) is 93.5 Å². The molecule has 2 aromatic rings. The normalized spacial score (nSPS) is 12.8. The van der Waals surface area contributed by atoms with Gasteiger partial charge in [-0.05, 0) is 73.9 Å². The van der Waals surface area contributed by atoms with Gasteiger partial charge in [0.05, 0.1) is 28.8 Å². The third-order valence-corrected chi connectivity index (χ3v) is 6.66. The highest BCUT2D eigenvalue weighted by atomic mass is 35.5. The number of aromatic nitrogens is 2. The first kappa shape index (κ1) is 30.2. The summed E-state index contributed by atoms with van der Waals surface area (Å²) in [5.41, 5.74) is 6.62. The second-order valence-electron chi connectivity index (χ2n) is 9.42. The number of carbonyl (C=O) groups excluding carboxylic acids is 2. The monoisotopic (exact) mass is 524 g/mol. The van der Waals surface area contributed by atoms with E-state index in [2.05, 4.69) is 60.4 Å². The first-order chi connectivity index (χ1) is 17.7. The summed E-state index contributed by atoms with van der Waals surface area (Å²) in [6.07, 6.45) is 14.3. The van der Waals surface area contributed by atoms with Gasteiger partial charge in [-0.3, -0.25) is 19.6 Å². The Morgan fingerprint density at radius 2 is 1.76 bits per heavy atom. The molecule has 7 heteroatoms. The lowest BCUT2D eigenvalue weighted by molar-refractivity contribution is -0.113. The van der Waals surface area contributed by atoms with Crippen molar-refractivity contribution < 1.29 is 9.59 Å². The van der Waals surface area contributed by atoms with Crippen LogP contribution in [0, 0.1) is 19.8 Å². The zero-order chi connectivity index (χ0) is 27.4. The number of anilines is 2. The van der Waals surface area contributed by atoms with Gasteiger partial charge < -0.3 is 10.6 Å². The highest BCUT2D eigenvalue weighted by molar-refractivity contribution is 6.29. The van der Waals surface area contributed by atoms with Crippen LogP contribution in [0.25, 0.3) is 6.08 Å². The predicted molar refractivity (Wildman–Crippen MR) is 155 cm³/mol. The topological polar surface area (TPSA) is 84.0 Å². The van der Waals surface area contributed by atoms with Gasteiger partial charge in [-0.25, -0.2) is 0 Å². The van der Waals surface area contributed by atoms with E-state index in [0.717, 1.165) is 36.9 Å². The number of alkyl halides is 1. The summed E-state index contributed by atoms with van der Waals surface area (Å²) in [6.45, 7) is 12.7.